The molecule has 0 aliphatic carbocycles. The standard InChI is InChI=1S/C13H10ClN3O2/c1-2-19-13(18)11-8-16-17(12(11)14)10-5-3-9(7-15)4-6-10/h3-6,8H,2H2,1H3. The average Bonchev–Trinajstić information content (AvgIpc) is 2.81. The number of hydrogen-bond donors (Lipinski definition) is 0. The highest BCUT2D eigenvalue weighted by molar-refractivity contribution is 6.32. The number of nitriles is 1. The number of carbonyl (C=O) groups excluding carboxylic acids is 1. The lowest BCUT2D eigenvalue weighted by atomic mass is 10.2. The highest BCUT2D eigenvalue weighted by atomic mass is 35.5. The number of esters is 1. The minimum absolute atomic E-state index is 0.183. The number of carbonyl (C=O) groups is 1. The third-order valence-corrected chi connectivity index (χ3v) is 2.81. The summed E-state index contributed by atoms with van der Waals surface area (Å²) in [5.41, 5.74) is 1.42. The Morgan fingerprint density at radius 2 is 2.16 bits per heavy atom. The summed E-state index contributed by atoms with van der Waals surface area (Å²) in [7, 11) is 0. The monoisotopic (exact) mass is 275 g/mol. The van der Waals surface area contributed by atoms with Gasteiger partial charge in [0.15, 0.2) is 0 Å². The zero-order chi connectivity index (χ0) is 13.8. The van der Waals surface area contributed by atoms with Crippen molar-refractivity contribution in [3.05, 3.63) is 46.7 Å². The molecule has 2 aromatic rings. The Morgan fingerprint density at radius 1 is 1.47 bits per heavy atom. The Morgan fingerprint density at radius 3 is 2.74 bits per heavy atom. The van der Waals surface area contributed by atoms with Crippen LogP contribution < -0.4 is 0 Å². The van der Waals surface area contributed by atoms with Gasteiger partial charge in [-0.05, 0) is 31.2 Å². The summed E-state index contributed by atoms with van der Waals surface area (Å²) in [6.45, 7) is 1.99. The van der Waals surface area contributed by atoms with Crippen LogP contribution in [-0.2, 0) is 4.74 Å². The van der Waals surface area contributed by atoms with E-state index in [0.29, 0.717) is 11.3 Å². The van der Waals surface area contributed by atoms with E-state index in [9.17, 15) is 4.79 Å². The normalized spacial score (nSPS) is 9.95. The molecule has 0 aliphatic heterocycles. The Balaban J connectivity index is 2.36. The topological polar surface area (TPSA) is 67.9 Å². The fourth-order valence-corrected chi connectivity index (χ4v) is 1.80. The molecule has 0 atom stereocenters. The van der Waals surface area contributed by atoms with Gasteiger partial charge in [0.1, 0.15) is 10.7 Å². The second kappa shape index (κ2) is 5.55. The molecule has 1 heterocycles. The maximum atomic E-state index is 11.6. The van der Waals surface area contributed by atoms with Crippen LogP contribution in [0.25, 0.3) is 5.69 Å². The van der Waals surface area contributed by atoms with Gasteiger partial charge in [-0.25, -0.2) is 9.48 Å². The fourth-order valence-electron chi connectivity index (χ4n) is 1.54. The zero-order valence-electron chi connectivity index (χ0n) is 10.1. The van der Waals surface area contributed by atoms with E-state index < -0.39 is 5.97 Å². The smallest absolute Gasteiger partial charge is 0.342 e. The molecule has 0 bridgehead atoms. The lowest BCUT2D eigenvalue weighted by molar-refractivity contribution is 0.0526. The molecule has 0 aliphatic rings. The molecule has 1 aromatic heterocycles. The molecule has 5 nitrogen and oxygen atoms in total. The molecular weight excluding hydrogens is 266 g/mol. The van der Waals surface area contributed by atoms with Crippen LogP contribution in [0.15, 0.2) is 30.5 Å². The molecule has 0 amide bonds. The molecule has 0 radical (unpaired) electrons. The lowest BCUT2D eigenvalue weighted by Gasteiger charge is -2.03. The van der Waals surface area contributed by atoms with Crippen molar-refractivity contribution >= 4 is 17.6 Å². The van der Waals surface area contributed by atoms with Crippen LogP contribution in [0.4, 0.5) is 0 Å². The van der Waals surface area contributed by atoms with Crippen molar-refractivity contribution in [2.75, 3.05) is 6.61 Å². The number of aromatic nitrogens is 2. The first-order valence-electron chi connectivity index (χ1n) is 5.58. The molecule has 2 rings (SSSR count). The van der Waals surface area contributed by atoms with Gasteiger partial charge >= 0.3 is 5.97 Å². The van der Waals surface area contributed by atoms with Gasteiger partial charge in [-0.3, -0.25) is 0 Å². The maximum Gasteiger partial charge on any atom is 0.342 e. The summed E-state index contributed by atoms with van der Waals surface area (Å²) < 4.78 is 6.29. The van der Waals surface area contributed by atoms with E-state index >= 15 is 0 Å². The van der Waals surface area contributed by atoms with Gasteiger partial charge in [-0.1, -0.05) is 11.6 Å². The quantitative estimate of drug-likeness (QED) is 0.808. The van der Waals surface area contributed by atoms with E-state index in [0.717, 1.165) is 0 Å². The molecule has 0 N–H and O–H groups in total. The van der Waals surface area contributed by atoms with Crippen molar-refractivity contribution in [2.45, 2.75) is 6.92 Å². The highest BCUT2D eigenvalue weighted by Gasteiger charge is 2.17. The zero-order valence-corrected chi connectivity index (χ0v) is 10.9. The third kappa shape index (κ3) is 2.59. The van der Waals surface area contributed by atoms with Crippen LogP contribution in [0.3, 0.4) is 0 Å². The predicted octanol–water partition coefficient (Wildman–Crippen LogP) is 2.57. The number of hydrogen-bond acceptors (Lipinski definition) is 4. The molecule has 1 aromatic carbocycles. The van der Waals surface area contributed by atoms with Crippen LogP contribution in [0.5, 0.6) is 0 Å². The number of ether oxygens (including phenoxy) is 1. The molecule has 6 heteroatoms. The molecule has 96 valence electrons. The second-order valence-electron chi connectivity index (χ2n) is 3.64. The Bertz CT molecular complexity index is 641. The van der Waals surface area contributed by atoms with Crippen molar-refractivity contribution in [1.29, 1.82) is 5.26 Å². The minimum atomic E-state index is -0.507. The summed E-state index contributed by atoms with van der Waals surface area (Å²) in [5.74, 6) is -0.507. The molecule has 0 unspecified atom stereocenters. The largest absolute Gasteiger partial charge is 0.462 e. The Hall–Kier alpha value is -2.32. The van der Waals surface area contributed by atoms with Gasteiger partial charge in [-0.2, -0.15) is 10.4 Å². The van der Waals surface area contributed by atoms with Crippen LogP contribution >= 0.6 is 11.6 Å². The van der Waals surface area contributed by atoms with Gasteiger partial charge < -0.3 is 4.74 Å². The van der Waals surface area contributed by atoms with Gasteiger partial charge in [0.25, 0.3) is 0 Å². The average molecular weight is 276 g/mol. The van der Waals surface area contributed by atoms with Crippen molar-refractivity contribution in [3.8, 4) is 11.8 Å². The number of benzene rings is 1. The molecule has 0 saturated carbocycles. The summed E-state index contributed by atoms with van der Waals surface area (Å²) in [6.07, 6.45) is 1.36. The molecule has 19 heavy (non-hydrogen) atoms. The Labute approximate surface area is 115 Å². The first-order chi connectivity index (χ1) is 9.17. The van der Waals surface area contributed by atoms with Crippen LogP contribution in [-0.4, -0.2) is 22.4 Å². The van der Waals surface area contributed by atoms with Crippen molar-refractivity contribution in [1.82, 2.24) is 9.78 Å². The first kappa shape index (κ1) is 13.1. The second-order valence-corrected chi connectivity index (χ2v) is 4.00. The van der Waals surface area contributed by atoms with E-state index in [1.54, 1.807) is 31.2 Å². The van der Waals surface area contributed by atoms with Crippen LogP contribution in [0.1, 0.15) is 22.8 Å². The lowest BCUT2D eigenvalue weighted by Crippen LogP contribution is -2.04. The highest BCUT2D eigenvalue weighted by Crippen LogP contribution is 2.21. The van der Waals surface area contributed by atoms with E-state index in [1.807, 2.05) is 6.07 Å². The van der Waals surface area contributed by atoms with Crippen LogP contribution in [0.2, 0.25) is 5.15 Å². The molecule has 0 spiro atoms. The Kier molecular flexibility index (Phi) is 3.83. The van der Waals surface area contributed by atoms with E-state index in [-0.39, 0.29) is 17.3 Å². The molecule has 0 fully saturated rings. The number of rotatable bonds is 3. The first-order valence-corrected chi connectivity index (χ1v) is 5.96. The summed E-state index contributed by atoms with van der Waals surface area (Å²) in [4.78, 5) is 11.6. The number of nitrogens with zero attached hydrogens (tertiary/aromatic N) is 3. The summed E-state index contributed by atoms with van der Waals surface area (Å²) in [6, 6.07) is 8.73. The van der Waals surface area contributed by atoms with Gasteiger partial charge in [0, 0.05) is 0 Å². The van der Waals surface area contributed by atoms with Crippen molar-refractivity contribution < 1.29 is 9.53 Å². The minimum Gasteiger partial charge on any atom is -0.462 e. The van der Waals surface area contributed by atoms with E-state index in [4.69, 9.17) is 21.6 Å². The molecule has 0 saturated heterocycles. The number of halogens is 1. The maximum absolute atomic E-state index is 11.6. The summed E-state index contributed by atoms with van der Waals surface area (Å²) >= 11 is 6.10. The van der Waals surface area contributed by atoms with E-state index in [2.05, 4.69) is 5.10 Å². The van der Waals surface area contributed by atoms with Crippen molar-refractivity contribution in [2.24, 2.45) is 0 Å². The summed E-state index contributed by atoms with van der Waals surface area (Å²) in [5, 5.41) is 13.0. The van der Waals surface area contributed by atoms with Crippen molar-refractivity contribution in [3.63, 3.8) is 0 Å². The van der Waals surface area contributed by atoms with Gasteiger partial charge in [-0.15, -0.1) is 0 Å². The van der Waals surface area contributed by atoms with Gasteiger partial charge in [0.2, 0.25) is 0 Å². The van der Waals surface area contributed by atoms with E-state index in [1.165, 1.54) is 10.9 Å². The predicted molar refractivity (Wildman–Crippen MR) is 69.2 cm³/mol. The third-order valence-electron chi connectivity index (χ3n) is 2.45. The molecular formula is C13H10ClN3O2. The van der Waals surface area contributed by atoms with Crippen LogP contribution in [0, 0.1) is 11.3 Å². The SMILES string of the molecule is CCOC(=O)c1cnn(-c2ccc(C#N)cc2)c1Cl. The van der Waals surface area contributed by atoms with Gasteiger partial charge in [0.05, 0.1) is 30.1 Å². The fraction of sp³-hybridized carbons (Fsp3) is 0.154.